The fraction of sp³-hybridized carbons (Fsp3) is 0.533. The predicted octanol–water partition coefficient (Wildman–Crippen LogP) is 3.25. The summed E-state index contributed by atoms with van der Waals surface area (Å²) in [7, 11) is 0. The number of nitrogens with one attached hydrogen (secondary N) is 1. The van der Waals surface area contributed by atoms with E-state index in [4.69, 9.17) is 4.42 Å². The van der Waals surface area contributed by atoms with Crippen LogP contribution in [0.4, 0.5) is 0 Å². The second kappa shape index (κ2) is 5.89. The largest absolute Gasteiger partial charge is 0.469 e. The summed E-state index contributed by atoms with van der Waals surface area (Å²) in [5, 5.41) is 3.37. The van der Waals surface area contributed by atoms with Gasteiger partial charge >= 0.3 is 0 Å². The van der Waals surface area contributed by atoms with Gasteiger partial charge in [0.2, 0.25) is 0 Å². The molecule has 0 aliphatic heterocycles. The maximum Gasteiger partial charge on any atom is 0.158 e. The summed E-state index contributed by atoms with van der Waals surface area (Å²) in [6.07, 6.45) is 5.97. The highest BCUT2D eigenvalue weighted by Crippen LogP contribution is 2.30. The van der Waals surface area contributed by atoms with Crippen molar-refractivity contribution in [3.05, 3.63) is 35.9 Å². The van der Waals surface area contributed by atoms with Crippen molar-refractivity contribution in [2.45, 2.75) is 39.0 Å². The molecule has 1 N–H and O–H groups in total. The van der Waals surface area contributed by atoms with E-state index in [1.807, 2.05) is 12.1 Å². The van der Waals surface area contributed by atoms with Gasteiger partial charge in [0, 0.05) is 30.7 Å². The van der Waals surface area contributed by atoms with Gasteiger partial charge in [0.25, 0.3) is 0 Å². The van der Waals surface area contributed by atoms with Gasteiger partial charge in [-0.3, -0.25) is 4.79 Å². The minimum Gasteiger partial charge on any atom is -0.469 e. The number of ketones is 1. The van der Waals surface area contributed by atoms with Crippen LogP contribution >= 0.6 is 0 Å². The van der Waals surface area contributed by atoms with Crippen molar-refractivity contribution in [1.82, 2.24) is 5.32 Å². The third-order valence-electron chi connectivity index (χ3n) is 3.27. The maximum atomic E-state index is 11.7. The Labute approximate surface area is 108 Å². The number of allylic oxidation sites excluding steroid dienone is 2. The molecule has 0 fully saturated rings. The van der Waals surface area contributed by atoms with Crippen molar-refractivity contribution in [2.24, 2.45) is 5.92 Å². The molecule has 0 amide bonds. The van der Waals surface area contributed by atoms with Gasteiger partial charge in [-0.25, -0.2) is 0 Å². The minimum absolute atomic E-state index is 0.190. The highest BCUT2D eigenvalue weighted by molar-refractivity contribution is 5.91. The first-order valence-corrected chi connectivity index (χ1v) is 6.66. The number of hydrogen-bond acceptors (Lipinski definition) is 3. The lowest BCUT2D eigenvalue weighted by Crippen LogP contribution is -2.23. The molecule has 1 aliphatic carbocycles. The van der Waals surface area contributed by atoms with Gasteiger partial charge in [0.05, 0.1) is 6.26 Å². The van der Waals surface area contributed by atoms with Crippen molar-refractivity contribution in [2.75, 3.05) is 6.54 Å². The first-order chi connectivity index (χ1) is 8.65. The van der Waals surface area contributed by atoms with Gasteiger partial charge in [0.15, 0.2) is 5.78 Å². The molecule has 2 rings (SSSR count). The zero-order valence-corrected chi connectivity index (χ0v) is 11.1. The van der Waals surface area contributed by atoms with Crippen LogP contribution < -0.4 is 5.32 Å². The van der Waals surface area contributed by atoms with Crippen LogP contribution in [0.25, 0.3) is 0 Å². The molecule has 3 nitrogen and oxygen atoms in total. The van der Waals surface area contributed by atoms with Crippen molar-refractivity contribution >= 4 is 5.78 Å². The molecular formula is C15H21NO2. The molecule has 0 saturated heterocycles. The van der Waals surface area contributed by atoms with E-state index in [0.29, 0.717) is 12.3 Å². The Morgan fingerprint density at radius 1 is 1.44 bits per heavy atom. The summed E-state index contributed by atoms with van der Waals surface area (Å²) in [4.78, 5) is 11.7. The Morgan fingerprint density at radius 3 is 2.94 bits per heavy atom. The molecule has 0 bridgehead atoms. The lowest BCUT2D eigenvalue weighted by Gasteiger charge is -2.21. The van der Waals surface area contributed by atoms with Crippen LogP contribution in [0.15, 0.2) is 34.6 Å². The van der Waals surface area contributed by atoms with Gasteiger partial charge in [-0.05, 0) is 30.9 Å². The second-order valence-corrected chi connectivity index (χ2v) is 5.37. The Balaban J connectivity index is 1.93. The van der Waals surface area contributed by atoms with E-state index in [-0.39, 0.29) is 11.7 Å². The summed E-state index contributed by atoms with van der Waals surface area (Å²) < 4.78 is 5.41. The number of furan rings is 1. The van der Waals surface area contributed by atoms with Crippen LogP contribution in [0.3, 0.4) is 0 Å². The third kappa shape index (κ3) is 3.49. The molecule has 1 aromatic heterocycles. The van der Waals surface area contributed by atoms with E-state index in [9.17, 15) is 4.79 Å². The molecule has 0 spiro atoms. The second-order valence-electron chi connectivity index (χ2n) is 5.37. The third-order valence-corrected chi connectivity index (χ3v) is 3.27. The summed E-state index contributed by atoms with van der Waals surface area (Å²) in [5.41, 5.74) is 1.05. The molecule has 0 radical (unpaired) electrons. The number of carbonyl (C=O) groups excluding carboxylic acids is 1. The van der Waals surface area contributed by atoms with E-state index in [1.165, 1.54) is 0 Å². The van der Waals surface area contributed by atoms with Gasteiger partial charge in [0.1, 0.15) is 5.76 Å². The van der Waals surface area contributed by atoms with Crippen LogP contribution in [-0.4, -0.2) is 12.3 Å². The number of hydrogen-bond donors (Lipinski definition) is 1. The van der Waals surface area contributed by atoms with E-state index in [1.54, 1.807) is 12.3 Å². The van der Waals surface area contributed by atoms with Crippen LogP contribution in [0, 0.1) is 5.92 Å². The average Bonchev–Trinajstić information content (AvgIpc) is 2.81. The summed E-state index contributed by atoms with van der Waals surface area (Å²) in [6, 6.07) is 3.83. The normalized spacial score (nSPS) is 20.1. The van der Waals surface area contributed by atoms with Gasteiger partial charge < -0.3 is 9.73 Å². The van der Waals surface area contributed by atoms with Gasteiger partial charge in [-0.15, -0.1) is 0 Å². The molecule has 98 valence electrons. The monoisotopic (exact) mass is 247 g/mol. The molecule has 1 aliphatic rings. The van der Waals surface area contributed by atoms with Crippen LogP contribution in [0.1, 0.15) is 44.8 Å². The fourth-order valence-electron chi connectivity index (χ4n) is 2.26. The van der Waals surface area contributed by atoms with Crippen LogP contribution in [0.5, 0.6) is 0 Å². The Bertz CT molecular complexity index is 418. The highest BCUT2D eigenvalue weighted by Gasteiger charge is 2.23. The quantitative estimate of drug-likeness (QED) is 0.868. The fourth-order valence-corrected chi connectivity index (χ4v) is 2.26. The van der Waals surface area contributed by atoms with E-state index in [2.05, 4.69) is 19.2 Å². The first kappa shape index (κ1) is 12.9. The Hall–Kier alpha value is -1.51. The lowest BCUT2D eigenvalue weighted by molar-refractivity contribution is -0.115. The minimum atomic E-state index is 0.190. The van der Waals surface area contributed by atoms with Gasteiger partial charge in [-0.2, -0.15) is 0 Å². The van der Waals surface area contributed by atoms with E-state index < -0.39 is 0 Å². The molecule has 0 aromatic carbocycles. The van der Waals surface area contributed by atoms with Crippen molar-refractivity contribution in [3.8, 4) is 0 Å². The van der Waals surface area contributed by atoms with Crippen molar-refractivity contribution in [3.63, 3.8) is 0 Å². The topological polar surface area (TPSA) is 42.2 Å². The van der Waals surface area contributed by atoms with Gasteiger partial charge in [-0.1, -0.05) is 13.8 Å². The van der Waals surface area contributed by atoms with Crippen molar-refractivity contribution < 1.29 is 9.21 Å². The zero-order valence-electron chi connectivity index (χ0n) is 11.1. The molecule has 18 heavy (non-hydrogen) atoms. The molecule has 3 heteroatoms. The molecule has 1 aromatic rings. The highest BCUT2D eigenvalue weighted by atomic mass is 16.3. The molecule has 0 saturated carbocycles. The predicted molar refractivity (Wildman–Crippen MR) is 71.2 cm³/mol. The van der Waals surface area contributed by atoms with Crippen molar-refractivity contribution in [1.29, 1.82) is 0 Å². The number of rotatable bonds is 5. The SMILES string of the molecule is CC(C)CCNC1=CC(=O)C[C@H](c2ccco2)C1. The molecule has 1 atom stereocenters. The Kier molecular flexibility index (Phi) is 4.24. The lowest BCUT2D eigenvalue weighted by atomic mass is 9.89. The average molecular weight is 247 g/mol. The van der Waals surface area contributed by atoms with Crippen LogP contribution in [0.2, 0.25) is 0 Å². The smallest absolute Gasteiger partial charge is 0.158 e. The first-order valence-electron chi connectivity index (χ1n) is 6.66. The number of carbonyl (C=O) groups is 1. The summed E-state index contributed by atoms with van der Waals surface area (Å²) >= 11 is 0. The summed E-state index contributed by atoms with van der Waals surface area (Å²) in [6.45, 7) is 5.34. The van der Waals surface area contributed by atoms with Crippen LogP contribution in [-0.2, 0) is 4.79 Å². The molecule has 0 unspecified atom stereocenters. The zero-order chi connectivity index (χ0) is 13.0. The maximum absolute atomic E-state index is 11.7. The molecular weight excluding hydrogens is 226 g/mol. The molecule has 1 heterocycles. The van der Waals surface area contributed by atoms with E-state index >= 15 is 0 Å². The standard InChI is InChI=1S/C15H21NO2/c1-11(2)5-6-16-13-8-12(9-14(17)10-13)15-4-3-7-18-15/h3-4,7,10-12,16H,5-6,8-9H2,1-2H3/t12-/m1/s1. The Morgan fingerprint density at radius 2 is 2.28 bits per heavy atom. The summed E-state index contributed by atoms with van der Waals surface area (Å²) in [5.74, 6) is 1.98. The van der Waals surface area contributed by atoms with E-state index in [0.717, 1.165) is 30.8 Å².